The van der Waals surface area contributed by atoms with Crippen LogP contribution in [0.1, 0.15) is 41.3 Å². The molecule has 0 spiro atoms. The lowest BCUT2D eigenvalue weighted by Crippen LogP contribution is -2.12. The normalized spacial score (nSPS) is 17.3. The molecule has 1 amide bonds. The Labute approximate surface area is 155 Å². The van der Waals surface area contributed by atoms with Gasteiger partial charge in [0.25, 0.3) is 0 Å². The van der Waals surface area contributed by atoms with E-state index in [-0.39, 0.29) is 6.10 Å². The Kier molecular flexibility index (Phi) is 4.57. The molecule has 4 rings (SSSR count). The topological polar surface area (TPSA) is 87.3 Å². The molecule has 1 aromatic carbocycles. The first kappa shape index (κ1) is 16.9. The lowest BCUT2D eigenvalue weighted by atomic mass is 10.0. The molecule has 134 valence electrons. The number of hydrogen-bond donors (Lipinski definition) is 1. The summed E-state index contributed by atoms with van der Waals surface area (Å²) in [6.45, 7) is 0.776. The van der Waals surface area contributed by atoms with Crippen LogP contribution in [0.2, 0.25) is 0 Å². The zero-order valence-electron chi connectivity index (χ0n) is 14.4. The highest BCUT2D eigenvalue weighted by Gasteiger charge is 2.23. The number of rotatable bonds is 4. The Morgan fingerprint density at radius 2 is 2.23 bits per heavy atom. The van der Waals surface area contributed by atoms with Crippen LogP contribution in [-0.4, -0.2) is 29.6 Å². The first-order valence-electron chi connectivity index (χ1n) is 8.52. The highest BCUT2D eigenvalue weighted by atomic mass is 32.1. The summed E-state index contributed by atoms with van der Waals surface area (Å²) in [7, 11) is 1.63. The molecule has 1 aliphatic rings. The van der Waals surface area contributed by atoms with Crippen molar-refractivity contribution in [3.05, 3.63) is 41.7 Å². The van der Waals surface area contributed by atoms with Crippen molar-refractivity contribution in [1.82, 2.24) is 9.97 Å². The molecule has 0 radical (unpaired) electrons. The van der Waals surface area contributed by atoms with Gasteiger partial charge in [-0.1, -0.05) is 6.07 Å². The Balaban J connectivity index is 1.89. The van der Waals surface area contributed by atoms with Gasteiger partial charge in [0.1, 0.15) is 16.3 Å². The predicted octanol–water partition coefficient (Wildman–Crippen LogP) is 3.71. The van der Waals surface area contributed by atoms with Crippen molar-refractivity contribution < 1.29 is 14.3 Å². The van der Waals surface area contributed by atoms with E-state index in [0.29, 0.717) is 21.9 Å². The molecular weight excluding hydrogens is 350 g/mol. The maximum absolute atomic E-state index is 11.8. The number of ether oxygens (including phenoxy) is 2. The third-order valence-corrected chi connectivity index (χ3v) is 5.74. The van der Waals surface area contributed by atoms with Crippen LogP contribution in [-0.2, 0) is 4.74 Å². The maximum Gasteiger partial charge on any atom is 0.249 e. The number of nitrogens with zero attached hydrogens (tertiary/aromatic N) is 2. The van der Waals surface area contributed by atoms with Crippen LogP contribution in [0.4, 0.5) is 0 Å². The van der Waals surface area contributed by atoms with Gasteiger partial charge in [0.05, 0.1) is 23.5 Å². The van der Waals surface area contributed by atoms with E-state index in [1.165, 1.54) is 11.3 Å². The van der Waals surface area contributed by atoms with Crippen molar-refractivity contribution >= 4 is 27.5 Å². The summed E-state index contributed by atoms with van der Waals surface area (Å²) < 4.78 is 12.5. The van der Waals surface area contributed by atoms with Gasteiger partial charge in [-0.05, 0) is 31.4 Å². The third-order valence-electron chi connectivity index (χ3n) is 4.60. The Bertz CT molecular complexity index is 964. The van der Waals surface area contributed by atoms with Crippen LogP contribution in [0, 0.1) is 0 Å². The first-order chi connectivity index (χ1) is 12.7. The predicted molar refractivity (Wildman–Crippen MR) is 100 cm³/mol. The van der Waals surface area contributed by atoms with Crippen LogP contribution in [0.25, 0.3) is 20.8 Å². The Hall–Kier alpha value is -2.51. The second-order valence-electron chi connectivity index (χ2n) is 6.19. The minimum absolute atomic E-state index is 0.0648. The monoisotopic (exact) mass is 369 g/mol. The third kappa shape index (κ3) is 2.93. The lowest BCUT2D eigenvalue weighted by molar-refractivity contribution is 0.0159. The van der Waals surface area contributed by atoms with Crippen molar-refractivity contribution in [1.29, 1.82) is 0 Å². The lowest BCUT2D eigenvalue weighted by Gasteiger charge is -2.23. The molecule has 1 aliphatic heterocycles. The number of primary amides is 1. The van der Waals surface area contributed by atoms with Gasteiger partial charge in [-0.15, -0.1) is 11.3 Å². The number of fused-ring (bicyclic) bond motifs is 1. The first-order valence-corrected chi connectivity index (χ1v) is 9.34. The highest BCUT2D eigenvalue weighted by Crippen LogP contribution is 2.42. The molecule has 0 bridgehead atoms. The molecule has 3 heterocycles. The molecule has 2 N–H and O–H groups in total. The summed E-state index contributed by atoms with van der Waals surface area (Å²) in [5.41, 5.74) is 8.46. The number of carbonyl (C=O) groups is 1. The highest BCUT2D eigenvalue weighted by molar-refractivity contribution is 7.22. The molecular formula is C19H19N3O3S. The Morgan fingerprint density at radius 1 is 1.35 bits per heavy atom. The molecule has 6 nitrogen and oxygen atoms in total. The number of carbonyl (C=O) groups excluding carboxylic acids is 1. The van der Waals surface area contributed by atoms with Gasteiger partial charge >= 0.3 is 0 Å². The average Bonchev–Trinajstić information content (AvgIpc) is 3.13. The van der Waals surface area contributed by atoms with Gasteiger partial charge in [-0.2, -0.15) is 0 Å². The summed E-state index contributed by atoms with van der Waals surface area (Å²) in [4.78, 5) is 20.6. The molecule has 1 unspecified atom stereocenters. The smallest absolute Gasteiger partial charge is 0.249 e. The summed E-state index contributed by atoms with van der Waals surface area (Å²) in [5.74, 6) is 0.205. The minimum atomic E-state index is -0.496. The molecule has 26 heavy (non-hydrogen) atoms. The quantitative estimate of drug-likeness (QED) is 0.757. The number of methoxy groups -OCH3 is 1. The van der Waals surface area contributed by atoms with E-state index >= 15 is 0 Å². The van der Waals surface area contributed by atoms with E-state index in [0.717, 1.165) is 41.6 Å². The number of aromatic nitrogens is 2. The standard InChI is InChI=1S/C19H19N3O3S/c1-24-15-6-5-12(14-4-2-3-9-25-14)17-16(15)22-19(26-17)13-10-21-8-7-11(13)18(20)23/h5-8,10,14H,2-4,9H2,1H3,(H2,20,23). The minimum Gasteiger partial charge on any atom is -0.494 e. The van der Waals surface area contributed by atoms with Crippen molar-refractivity contribution in [2.45, 2.75) is 25.4 Å². The maximum atomic E-state index is 11.8. The van der Waals surface area contributed by atoms with Crippen molar-refractivity contribution in [3.63, 3.8) is 0 Å². The van der Waals surface area contributed by atoms with Gasteiger partial charge < -0.3 is 15.2 Å². The molecule has 1 atom stereocenters. The fourth-order valence-electron chi connectivity index (χ4n) is 3.30. The van der Waals surface area contributed by atoms with Crippen LogP contribution in [0.3, 0.4) is 0 Å². The van der Waals surface area contributed by atoms with Crippen molar-refractivity contribution in [2.24, 2.45) is 5.73 Å². The second-order valence-corrected chi connectivity index (χ2v) is 7.19. The van der Waals surface area contributed by atoms with Gasteiger partial charge in [-0.3, -0.25) is 9.78 Å². The van der Waals surface area contributed by atoms with Crippen LogP contribution >= 0.6 is 11.3 Å². The van der Waals surface area contributed by atoms with Gasteiger partial charge in [0.2, 0.25) is 5.91 Å². The molecule has 0 saturated carbocycles. The van der Waals surface area contributed by atoms with Gasteiger partial charge in [0, 0.05) is 30.1 Å². The zero-order valence-corrected chi connectivity index (χ0v) is 15.2. The zero-order chi connectivity index (χ0) is 18.1. The number of amides is 1. The van der Waals surface area contributed by atoms with E-state index < -0.39 is 5.91 Å². The molecule has 3 aromatic rings. The molecule has 0 aliphatic carbocycles. The fraction of sp³-hybridized carbons (Fsp3) is 0.316. The molecule has 7 heteroatoms. The van der Waals surface area contributed by atoms with Crippen LogP contribution in [0.15, 0.2) is 30.6 Å². The number of benzene rings is 1. The summed E-state index contributed by atoms with van der Waals surface area (Å²) in [6.07, 6.45) is 6.49. The summed E-state index contributed by atoms with van der Waals surface area (Å²) >= 11 is 1.51. The largest absolute Gasteiger partial charge is 0.494 e. The van der Waals surface area contributed by atoms with Crippen LogP contribution < -0.4 is 10.5 Å². The second kappa shape index (κ2) is 7.01. The van der Waals surface area contributed by atoms with E-state index in [4.69, 9.17) is 20.2 Å². The average molecular weight is 369 g/mol. The number of nitrogens with two attached hydrogens (primary N) is 1. The fourth-order valence-corrected chi connectivity index (χ4v) is 4.47. The van der Waals surface area contributed by atoms with Crippen molar-refractivity contribution in [2.75, 3.05) is 13.7 Å². The SMILES string of the molecule is COc1ccc(C2CCCCO2)c2sc(-c3cnccc3C(N)=O)nc12. The molecule has 1 saturated heterocycles. The van der Waals surface area contributed by atoms with Gasteiger partial charge in [0.15, 0.2) is 0 Å². The number of hydrogen-bond acceptors (Lipinski definition) is 6. The molecule has 2 aromatic heterocycles. The van der Waals surface area contributed by atoms with Crippen LogP contribution in [0.5, 0.6) is 5.75 Å². The van der Waals surface area contributed by atoms with E-state index in [2.05, 4.69) is 11.1 Å². The van der Waals surface area contributed by atoms with E-state index in [1.54, 1.807) is 25.6 Å². The summed E-state index contributed by atoms with van der Waals surface area (Å²) in [6, 6.07) is 5.60. The molecule has 1 fully saturated rings. The van der Waals surface area contributed by atoms with Crippen molar-refractivity contribution in [3.8, 4) is 16.3 Å². The summed E-state index contributed by atoms with van der Waals surface area (Å²) in [5, 5.41) is 0.698. The van der Waals surface area contributed by atoms with E-state index in [9.17, 15) is 4.79 Å². The Morgan fingerprint density at radius 3 is 2.96 bits per heavy atom. The number of thiazole rings is 1. The number of pyridine rings is 1. The van der Waals surface area contributed by atoms with Gasteiger partial charge in [-0.25, -0.2) is 4.98 Å². The van der Waals surface area contributed by atoms with E-state index in [1.807, 2.05) is 6.07 Å².